The smallest absolute Gasteiger partial charge is 0.337 e. The molecule has 9 nitrogen and oxygen atoms in total. The average molecular weight is 304 g/mol. The normalized spacial score (nSPS) is 10.1. The zero-order chi connectivity index (χ0) is 16.3. The van der Waals surface area contributed by atoms with Crippen molar-refractivity contribution in [2.45, 2.75) is 0 Å². The third kappa shape index (κ3) is 2.92. The summed E-state index contributed by atoms with van der Waals surface area (Å²) in [6.07, 6.45) is 1.01. The summed E-state index contributed by atoms with van der Waals surface area (Å²) in [5.41, 5.74) is 0.161. The van der Waals surface area contributed by atoms with Crippen LogP contribution < -0.4 is 5.32 Å². The first-order valence-corrected chi connectivity index (χ1v) is 6.10. The van der Waals surface area contributed by atoms with Crippen molar-refractivity contribution in [2.75, 3.05) is 12.4 Å². The van der Waals surface area contributed by atoms with Crippen LogP contribution in [0.15, 0.2) is 30.5 Å². The van der Waals surface area contributed by atoms with Crippen molar-refractivity contribution in [3.63, 3.8) is 0 Å². The van der Waals surface area contributed by atoms with Gasteiger partial charge in [0.05, 0.1) is 17.6 Å². The van der Waals surface area contributed by atoms with E-state index < -0.39 is 16.8 Å². The Morgan fingerprint density at radius 1 is 1.32 bits per heavy atom. The van der Waals surface area contributed by atoms with E-state index in [2.05, 4.69) is 15.2 Å². The lowest BCUT2D eigenvalue weighted by molar-refractivity contribution is -0.385. The Bertz CT molecular complexity index is 735. The van der Waals surface area contributed by atoms with Crippen LogP contribution in [0.2, 0.25) is 0 Å². The lowest BCUT2D eigenvalue weighted by Gasteiger charge is -2.06. The minimum absolute atomic E-state index is 0.165. The number of hydrogen-bond donors (Lipinski definition) is 1. The van der Waals surface area contributed by atoms with Crippen LogP contribution in [-0.4, -0.2) is 33.7 Å². The van der Waals surface area contributed by atoms with E-state index in [1.165, 1.54) is 38.4 Å². The van der Waals surface area contributed by atoms with E-state index in [1.807, 2.05) is 0 Å². The lowest BCUT2D eigenvalue weighted by atomic mass is 10.2. The molecule has 0 unspecified atom stereocenters. The summed E-state index contributed by atoms with van der Waals surface area (Å²) >= 11 is 0. The Kier molecular flexibility index (Phi) is 4.16. The second kappa shape index (κ2) is 6.04. The molecule has 0 aliphatic carbocycles. The Balaban J connectivity index is 2.21. The van der Waals surface area contributed by atoms with Crippen molar-refractivity contribution in [1.29, 1.82) is 0 Å². The molecule has 0 saturated heterocycles. The van der Waals surface area contributed by atoms with Gasteiger partial charge in [-0.1, -0.05) is 0 Å². The quantitative estimate of drug-likeness (QED) is 0.518. The number of hydrogen-bond acceptors (Lipinski definition) is 6. The molecule has 2 aromatic rings. The largest absolute Gasteiger partial charge is 0.465 e. The van der Waals surface area contributed by atoms with Crippen molar-refractivity contribution in [2.24, 2.45) is 7.05 Å². The van der Waals surface area contributed by atoms with Gasteiger partial charge in [-0.25, -0.2) is 4.79 Å². The number of nitrogens with zero attached hydrogens (tertiary/aromatic N) is 3. The monoisotopic (exact) mass is 304 g/mol. The minimum atomic E-state index is -0.678. The standard InChI is InChI=1S/C13H12N4O5/c1-16-11(10(7-14-16)17(20)21)12(18)15-9-5-3-8(4-6-9)13(19)22-2/h3-7H,1-2H3,(H,15,18). The summed E-state index contributed by atoms with van der Waals surface area (Å²) in [4.78, 5) is 33.6. The van der Waals surface area contributed by atoms with Gasteiger partial charge in [0, 0.05) is 12.7 Å². The van der Waals surface area contributed by atoms with Crippen LogP contribution in [0.5, 0.6) is 0 Å². The molecule has 22 heavy (non-hydrogen) atoms. The number of aryl methyl sites for hydroxylation is 1. The van der Waals surface area contributed by atoms with Gasteiger partial charge < -0.3 is 10.1 Å². The van der Waals surface area contributed by atoms with Gasteiger partial charge in [0.2, 0.25) is 5.69 Å². The highest BCUT2D eigenvalue weighted by Gasteiger charge is 2.25. The first kappa shape index (κ1) is 15.2. The molecule has 0 bridgehead atoms. The van der Waals surface area contributed by atoms with E-state index in [0.29, 0.717) is 11.3 Å². The van der Waals surface area contributed by atoms with E-state index in [0.717, 1.165) is 10.9 Å². The van der Waals surface area contributed by atoms with Crippen LogP contribution in [0.25, 0.3) is 0 Å². The number of amides is 1. The maximum atomic E-state index is 12.1. The fourth-order valence-electron chi connectivity index (χ4n) is 1.82. The van der Waals surface area contributed by atoms with Gasteiger partial charge in [0.1, 0.15) is 6.20 Å². The average Bonchev–Trinajstić information content (AvgIpc) is 2.89. The third-order valence-corrected chi connectivity index (χ3v) is 2.90. The maximum absolute atomic E-state index is 12.1. The molecule has 0 spiro atoms. The number of methoxy groups -OCH3 is 1. The van der Waals surface area contributed by atoms with Crippen LogP contribution >= 0.6 is 0 Å². The van der Waals surface area contributed by atoms with E-state index >= 15 is 0 Å². The summed E-state index contributed by atoms with van der Waals surface area (Å²) in [5, 5.41) is 17.1. The van der Waals surface area contributed by atoms with Gasteiger partial charge in [-0.05, 0) is 24.3 Å². The minimum Gasteiger partial charge on any atom is -0.465 e. The topological polar surface area (TPSA) is 116 Å². The fraction of sp³-hybridized carbons (Fsp3) is 0.154. The van der Waals surface area contributed by atoms with Gasteiger partial charge in [0.25, 0.3) is 5.91 Å². The summed E-state index contributed by atoms with van der Waals surface area (Å²) in [6.45, 7) is 0. The number of esters is 1. The highest BCUT2D eigenvalue weighted by Crippen LogP contribution is 2.19. The van der Waals surface area contributed by atoms with Crippen LogP contribution in [-0.2, 0) is 11.8 Å². The molecule has 0 atom stereocenters. The summed E-state index contributed by atoms with van der Waals surface area (Å²) in [6, 6.07) is 5.93. The molecular weight excluding hydrogens is 292 g/mol. The maximum Gasteiger partial charge on any atom is 0.337 e. The number of nitro groups is 1. The number of ether oxygens (including phenoxy) is 1. The summed E-state index contributed by atoms with van der Waals surface area (Å²) in [5.74, 6) is -1.17. The van der Waals surface area contributed by atoms with Crippen molar-refractivity contribution in [3.8, 4) is 0 Å². The number of anilines is 1. The molecule has 1 aromatic carbocycles. The van der Waals surface area contributed by atoms with Gasteiger partial charge in [0.15, 0.2) is 0 Å². The van der Waals surface area contributed by atoms with E-state index in [4.69, 9.17) is 0 Å². The van der Waals surface area contributed by atoms with E-state index in [9.17, 15) is 19.7 Å². The molecule has 2 rings (SSSR count). The van der Waals surface area contributed by atoms with E-state index in [-0.39, 0.29) is 11.4 Å². The first-order chi connectivity index (χ1) is 10.4. The van der Waals surface area contributed by atoms with E-state index in [1.54, 1.807) is 0 Å². The van der Waals surface area contributed by atoms with Gasteiger partial charge in [-0.2, -0.15) is 5.10 Å². The van der Waals surface area contributed by atoms with Crippen LogP contribution in [0.4, 0.5) is 11.4 Å². The molecule has 1 heterocycles. The molecule has 9 heteroatoms. The van der Waals surface area contributed by atoms with Crippen LogP contribution in [0.3, 0.4) is 0 Å². The van der Waals surface area contributed by atoms with Crippen molar-refractivity contribution in [1.82, 2.24) is 9.78 Å². The molecule has 0 saturated carbocycles. The summed E-state index contributed by atoms with van der Waals surface area (Å²) < 4.78 is 5.68. The van der Waals surface area contributed by atoms with Gasteiger partial charge in [-0.15, -0.1) is 0 Å². The Labute approximate surface area is 124 Å². The van der Waals surface area contributed by atoms with Gasteiger partial charge in [-0.3, -0.25) is 19.6 Å². The number of benzene rings is 1. The molecule has 114 valence electrons. The Hall–Kier alpha value is -3.23. The number of aromatic nitrogens is 2. The highest BCUT2D eigenvalue weighted by molar-refractivity contribution is 6.05. The molecule has 0 aliphatic heterocycles. The fourth-order valence-corrected chi connectivity index (χ4v) is 1.82. The number of carbonyl (C=O) groups is 2. The predicted molar refractivity (Wildman–Crippen MR) is 75.6 cm³/mol. The third-order valence-electron chi connectivity index (χ3n) is 2.90. The molecule has 0 radical (unpaired) electrons. The van der Waals surface area contributed by atoms with Crippen molar-refractivity contribution >= 4 is 23.3 Å². The first-order valence-electron chi connectivity index (χ1n) is 6.10. The highest BCUT2D eigenvalue weighted by atomic mass is 16.6. The predicted octanol–water partition coefficient (Wildman–Crippen LogP) is 1.37. The zero-order valence-electron chi connectivity index (χ0n) is 11.8. The van der Waals surface area contributed by atoms with Crippen molar-refractivity contribution < 1.29 is 19.2 Å². The van der Waals surface area contributed by atoms with Crippen LogP contribution in [0.1, 0.15) is 20.8 Å². The lowest BCUT2D eigenvalue weighted by Crippen LogP contribution is -2.17. The molecule has 0 fully saturated rings. The Morgan fingerprint density at radius 2 is 1.95 bits per heavy atom. The molecule has 1 N–H and O–H groups in total. The second-order valence-electron chi connectivity index (χ2n) is 4.28. The number of nitrogens with one attached hydrogen (secondary N) is 1. The molecular formula is C13H12N4O5. The van der Waals surface area contributed by atoms with Crippen molar-refractivity contribution in [3.05, 3.63) is 51.8 Å². The molecule has 1 amide bonds. The zero-order valence-corrected chi connectivity index (χ0v) is 11.8. The number of carbonyl (C=O) groups excluding carboxylic acids is 2. The Morgan fingerprint density at radius 3 is 2.50 bits per heavy atom. The molecule has 0 aliphatic rings. The molecule has 1 aromatic heterocycles. The SMILES string of the molecule is COC(=O)c1ccc(NC(=O)c2c([N+](=O)[O-])cnn2C)cc1. The number of rotatable bonds is 4. The van der Waals surface area contributed by atoms with Gasteiger partial charge >= 0.3 is 11.7 Å². The second-order valence-corrected chi connectivity index (χ2v) is 4.28. The summed E-state index contributed by atoms with van der Waals surface area (Å²) in [7, 11) is 2.70. The van der Waals surface area contributed by atoms with Crippen LogP contribution in [0, 0.1) is 10.1 Å².